The summed E-state index contributed by atoms with van der Waals surface area (Å²) < 4.78 is 14.9. The number of aromatic nitrogens is 1. The number of hydrogen-bond acceptors (Lipinski definition) is 6. The van der Waals surface area contributed by atoms with Crippen LogP contribution in [0.5, 0.6) is 5.75 Å². The molecule has 24 heavy (non-hydrogen) atoms. The lowest BCUT2D eigenvalue weighted by Crippen LogP contribution is -2.29. The van der Waals surface area contributed by atoms with Gasteiger partial charge < -0.3 is 19.3 Å². The number of benzene rings is 1. The number of aryl methyl sites for hydroxylation is 1. The number of rotatable bonds is 6. The molecule has 0 aliphatic heterocycles. The van der Waals surface area contributed by atoms with Gasteiger partial charge in [0.2, 0.25) is 0 Å². The van der Waals surface area contributed by atoms with Crippen LogP contribution in [-0.4, -0.2) is 30.2 Å². The van der Waals surface area contributed by atoms with Crippen LogP contribution in [0.25, 0.3) is 6.08 Å². The Kier molecular flexibility index (Phi) is 5.73. The van der Waals surface area contributed by atoms with E-state index in [9.17, 15) is 9.59 Å². The first kappa shape index (κ1) is 17.3. The number of methoxy groups -OCH3 is 1. The van der Waals surface area contributed by atoms with E-state index in [2.05, 4.69) is 10.5 Å². The maximum Gasteiger partial charge on any atom is 0.331 e. The zero-order chi connectivity index (χ0) is 17.5. The molecule has 1 aromatic carbocycles. The minimum atomic E-state index is -0.963. The number of hydrogen-bond donors (Lipinski definition) is 1. The van der Waals surface area contributed by atoms with E-state index in [-0.39, 0.29) is 5.82 Å². The minimum Gasteiger partial charge on any atom is -0.497 e. The molecule has 2 rings (SSSR count). The van der Waals surface area contributed by atoms with E-state index in [1.54, 1.807) is 50.4 Å². The first-order chi connectivity index (χ1) is 11.5. The molecule has 0 saturated carbocycles. The predicted octanol–water partition coefficient (Wildman–Crippen LogP) is 2.58. The van der Waals surface area contributed by atoms with Crippen molar-refractivity contribution < 1.29 is 23.6 Å². The summed E-state index contributed by atoms with van der Waals surface area (Å²) in [6, 6.07) is 8.72. The van der Waals surface area contributed by atoms with Crippen LogP contribution in [0.4, 0.5) is 5.82 Å². The van der Waals surface area contributed by atoms with Crippen molar-refractivity contribution in [1.82, 2.24) is 5.16 Å². The molecule has 0 saturated heterocycles. The summed E-state index contributed by atoms with van der Waals surface area (Å²) in [6.07, 6.45) is 1.88. The van der Waals surface area contributed by atoms with Crippen LogP contribution in [0.15, 0.2) is 40.9 Å². The average Bonchev–Trinajstić information content (AvgIpc) is 2.98. The van der Waals surface area contributed by atoms with Gasteiger partial charge in [-0.15, -0.1) is 0 Å². The second-order valence-corrected chi connectivity index (χ2v) is 5.00. The number of carbonyl (C=O) groups excluding carboxylic acids is 2. The predicted molar refractivity (Wildman–Crippen MR) is 87.5 cm³/mol. The fourth-order valence-corrected chi connectivity index (χ4v) is 1.80. The van der Waals surface area contributed by atoms with E-state index in [1.807, 2.05) is 0 Å². The van der Waals surface area contributed by atoms with Crippen LogP contribution in [0.3, 0.4) is 0 Å². The number of amides is 1. The van der Waals surface area contributed by atoms with Gasteiger partial charge in [-0.05, 0) is 37.6 Å². The van der Waals surface area contributed by atoms with Crippen molar-refractivity contribution in [3.8, 4) is 5.75 Å². The number of carbonyl (C=O) groups is 2. The quantitative estimate of drug-likeness (QED) is 0.646. The summed E-state index contributed by atoms with van der Waals surface area (Å²) in [7, 11) is 1.58. The molecule has 0 aliphatic carbocycles. The van der Waals surface area contributed by atoms with Crippen LogP contribution in [0.1, 0.15) is 18.2 Å². The monoisotopic (exact) mass is 330 g/mol. The Balaban J connectivity index is 1.85. The van der Waals surface area contributed by atoms with Crippen molar-refractivity contribution in [2.24, 2.45) is 0 Å². The second kappa shape index (κ2) is 7.96. The Labute approximate surface area is 139 Å². The summed E-state index contributed by atoms with van der Waals surface area (Å²) in [6.45, 7) is 3.18. The number of anilines is 1. The lowest BCUT2D eigenvalue weighted by atomic mass is 10.2. The Morgan fingerprint density at radius 1 is 1.29 bits per heavy atom. The molecule has 0 fully saturated rings. The molecule has 126 valence electrons. The van der Waals surface area contributed by atoms with E-state index in [0.717, 1.165) is 11.3 Å². The van der Waals surface area contributed by atoms with Crippen LogP contribution >= 0.6 is 0 Å². The maximum absolute atomic E-state index is 11.9. The molecule has 1 N–H and O–H groups in total. The molecule has 1 atom stereocenters. The smallest absolute Gasteiger partial charge is 0.331 e. The standard InChI is InChI=1S/C17H18N2O5/c1-11-10-15(19-24-11)18-17(21)12(2)23-16(20)9-6-13-4-7-14(22-3)8-5-13/h4-10,12H,1-3H3,(H,18,19,21)/b9-6+. The van der Waals surface area contributed by atoms with E-state index in [4.69, 9.17) is 14.0 Å². The van der Waals surface area contributed by atoms with Crippen molar-refractivity contribution in [1.29, 1.82) is 0 Å². The van der Waals surface area contributed by atoms with Gasteiger partial charge in [-0.3, -0.25) is 4.79 Å². The van der Waals surface area contributed by atoms with Gasteiger partial charge in [-0.2, -0.15) is 0 Å². The Hall–Kier alpha value is -3.09. The third-order valence-electron chi connectivity index (χ3n) is 3.07. The molecule has 0 radical (unpaired) electrons. The summed E-state index contributed by atoms with van der Waals surface area (Å²) in [4.78, 5) is 23.7. The highest BCUT2D eigenvalue weighted by Crippen LogP contribution is 2.12. The van der Waals surface area contributed by atoms with Crippen LogP contribution in [-0.2, 0) is 14.3 Å². The molecule has 0 spiro atoms. The lowest BCUT2D eigenvalue weighted by molar-refractivity contribution is -0.148. The van der Waals surface area contributed by atoms with Crippen molar-refractivity contribution in [2.75, 3.05) is 12.4 Å². The Bertz CT molecular complexity index is 734. The van der Waals surface area contributed by atoms with Gasteiger partial charge in [0.25, 0.3) is 5.91 Å². The summed E-state index contributed by atoms with van der Waals surface area (Å²) in [5, 5.41) is 6.13. The average molecular weight is 330 g/mol. The van der Waals surface area contributed by atoms with E-state index in [0.29, 0.717) is 5.76 Å². The topological polar surface area (TPSA) is 90.7 Å². The highest BCUT2D eigenvalue weighted by molar-refractivity contribution is 5.96. The van der Waals surface area contributed by atoms with Crippen LogP contribution < -0.4 is 10.1 Å². The Morgan fingerprint density at radius 3 is 2.58 bits per heavy atom. The largest absolute Gasteiger partial charge is 0.497 e. The van der Waals surface area contributed by atoms with Crippen LogP contribution in [0, 0.1) is 6.92 Å². The van der Waals surface area contributed by atoms with Gasteiger partial charge in [-0.25, -0.2) is 4.79 Å². The second-order valence-electron chi connectivity index (χ2n) is 5.00. The zero-order valence-corrected chi connectivity index (χ0v) is 13.6. The van der Waals surface area contributed by atoms with Gasteiger partial charge in [0.15, 0.2) is 11.9 Å². The molecule has 1 unspecified atom stereocenters. The van der Waals surface area contributed by atoms with Gasteiger partial charge in [-0.1, -0.05) is 17.3 Å². The van der Waals surface area contributed by atoms with Crippen LogP contribution in [0.2, 0.25) is 0 Å². The molecule has 1 heterocycles. The summed E-state index contributed by atoms with van der Waals surface area (Å²) in [5.41, 5.74) is 0.808. The van der Waals surface area contributed by atoms with E-state index >= 15 is 0 Å². The van der Waals surface area contributed by atoms with E-state index < -0.39 is 18.0 Å². The molecule has 0 aliphatic rings. The third-order valence-corrected chi connectivity index (χ3v) is 3.07. The molecular weight excluding hydrogens is 312 g/mol. The normalized spacial score (nSPS) is 12.0. The minimum absolute atomic E-state index is 0.272. The van der Waals surface area contributed by atoms with Gasteiger partial charge in [0.1, 0.15) is 11.5 Å². The highest BCUT2D eigenvalue weighted by atomic mass is 16.5. The van der Waals surface area contributed by atoms with Crippen molar-refractivity contribution in [3.05, 3.63) is 47.7 Å². The molecule has 1 aromatic heterocycles. The molecule has 1 amide bonds. The molecule has 7 nitrogen and oxygen atoms in total. The van der Waals surface area contributed by atoms with Crippen molar-refractivity contribution in [3.63, 3.8) is 0 Å². The molecule has 7 heteroatoms. The maximum atomic E-state index is 11.9. The fraction of sp³-hybridized carbons (Fsp3) is 0.235. The van der Waals surface area contributed by atoms with Crippen molar-refractivity contribution in [2.45, 2.75) is 20.0 Å². The molecule has 2 aromatic rings. The first-order valence-electron chi connectivity index (χ1n) is 7.25. The Morgan fingerprint density at radius 2 is 2.00 bits per heavy atom. The van der Waals surface area contributed by atoms with Gasteiger partial charge in [0.05, 0.1) is 7.11 Å². The lowest BCUT2D eigenvalue weighted by Gasteiger charge is -2.10. The van der Waals surface area contributed by atoms with E-state index in [1.165, 1.54) is 13.0 Å². The molecule has 0 bridgehead atoms. The SMILES string of the molecule is COc1ccc(/C=C/C(=O)OC(C)C(=O)Nc2cc(C)on2)cc1. The molecular formula is C17H18N2O5. The third kappa shape index (κ3) is 4.98. The number of nitrogens with one attached hydrogen (secondary N) is 1. The number of nitrogens with zero attached hydrogens (tertiary/aromatic N) is 1. The van der Waals surface area contributed by atoms with Gasteiger partial charge in [0, 0.05) is 12.1 Å². The number of ether oxygens (including phenoxy) is 2. The first-order valence-corrected chi connectivity index (χ1v) is 7.25. The van der Waals surface area contributed by atoms with Gasteiger partial charge >= 0.3 is 5.97 Å². The summed E-state index contributed by atoms with van der Waals surface area (Å²) >= 11 is 0. The number of esters is 1. The van der Waals surface area contributed by atoms with Crippen molar-refractivity contribution >= 4 is 23.8 Å². The highest BCUT2D eigenvalue weighted by Gasteiger charge is 2.17. The zero-order valence-electron chi connectivity index (χ0n) is 13.6. The fourth-order valence-electron chi connectivity index (χ4n) is 1.80. The summed E-state index contributed by atoms with van der Waals surface area (Å²) in [5.74, 6) is 0.453.